The molecule has 1 aromatic heterocycles. The van der Waals surface area contributed by atoms with Gasteiger partial charge in [-0.2, -0.15) is 15.0 Å². The van der Waals surface area contributed by atoms with Gasteiger partial charge in [-0.3, -0.25) is 0 Å². The minimum Gasteiger partial charge on any atom is -0.395 e. The van der Waals surface area contributed by atoms with Crippen molar-refractivity contribution in [2.75, 3.05) is 87.1 Å². The summed E-state index contributed by atoms with van der Waals surface area (Å²) in [7, 11) is -3.32. The number of aliphatic hydroxyl groups excluding tert-OH is 4. The minimum atomic E-state index is -3.32. The van der Waals surface area contributed by atoms with Crippen LogP contribution in [0, 0.1) is 0 Å². The highest BCUT2D eigenvalue weighted by atomic mass is 32.2. The van der Waals surface area contributed by atoms with Crippen LogP contribution < -0.4 is 19.8 Å². The number of rotatable bonds is 15. The molecule has 13 nitrogen and oxygen atoms in total. The summed E-state index contributed by atoms with van der Waals surface area (Å²) >= 11 is 0. The van der Waals surface area contributed by atoms with Gasteiger partial charge in [0.2, 0.25) is 27.9 Å². The zero-order valence-electron chi connectivity index (χ0n) is 15.8. The molecule has 28 heavy (non-hydrogen) atoms. The lowest BCUT2D eigenvalue weighted by atomic mass is 10.5. The lowest BCUT2D eigenvalue weighted by Gasteiger charge is -2.25. The lowest BCUT2D eigenvalue weighted by molar-refractivity contribution is 0.279. The summed E-state index contributed by atoms with van der Waals surface area (Å²) in [5.74, 6) is 0.525. The molecule has 0 fully saturated rings. The Balaban J connectivity index is 3.10. The Kier molecular flexibility index (Phi) is 10.9. The van der Waals surface area contributed by atoms with Crippen molar-refractivity contribution in [3.63, 3.8) is 0 Å². The average molecular weight is 423 g/mol. The van der Waals surface area contributed by atoms with Gasteiger partial charge in [-0.15, -0.1) is 0 Å². The van der Waals surface area contributed by atoms with Crippen LogP contribution in [0.25, 0.3) is 0 Å². The van der Waals surface area contributed by atoms with Crippen molar-refractivity contribution in [3.8, 4) is 0 Å². The molecule has 0 spiro atoms. The third kappa shape index (κ3) is 8.90. The van der Waals surface area contributed by atoms with E-state index in [1.165, 1.54) is 0 Å². The summed E-state index contributed by atoms with van der Waals surface area (Å²) in [5.41, 5.74) is 0. The average Bonchev–Trinajstić information content (AvgIpc) is 2.64. The van der Waals surface area contributed by atoms with Gasteiger partial charge < -0.3 is 35.5 Å². The Labute approximate surface area is 164 Å². The number of aromatic nitrogens is 3. The molecule has 0 saturated carbocycles. The van der Waals surface area contributed by atoms with Gasteiger partial charge in [0.25, 0.3) is 0 Å². The SMILES string of the molecule is CS(=O)(=O)NCCNc1nc(N(CCO)CCO)nc(N(CCO)CCO)n1. The van der Waals surface area contributed by atoms with Crippen LogP contribution in [0.1, 0.15) is 0 Å². The Morgan fingerprint density at radius 1 is 0.786 bits per heavy atom. The first-order valence-corrected chi connectivity index (χ1v) is 10.6. The Morgan fingerprint density at radius 3 is 1.57 bits per heavy atom. The maximum Gasteiger partial charge on any atom is 0.232 e. The van der Waals surface area contributed by atoms with E-state index in [0.717, 1.165) is 6.26 Å². The van der Waals surface area contributed by atoms with Gasteiger partial charge in [0.05, 0.1) is 32.7 Å². The molecular weight excluding hydrogens is 394 g/mol. The zero-order chi connectivity index (χ0) is 21.0. The zero-order valence-corrected chi connectivity index (χ0v) is 16.6. The fourth-order valence-electron chi connectivity index (χ4n) is 2.23. The molecule has 0 aliphatic rings. The maximum absolute atomic E-state index is 11.1. The third-order valence-electron chi connectivity index (χ3n) is 3.43. The van der Waals surface area contributed by atoms with Gasteiger partial charge in [-0.1, -0.05) is 0 Å². The van der Waals surface area contributed by atoms with Crippen molar-refractivity contribution in [2.45, 2.75) is 0 Å². The number of aliphatic hydroxyl groups is 4. The van der Waals surface area contributed by atoms with Gasteiger partial charge in [-0.25, -0.2) is 13.1 Å². The number of nitrogens with one attached hydrogen (secondary N) is 2. The monoisotopic (exact) mass is 423 g/mol. The number of hydrogen-bond donors (Lipinski definition) is 6. The summed E-state index contributed by atoms with van der Waals surface area (Å²) in [6.45, 7) is 0.311. The Bertz CT molecular complexity index is 632. The van der Waals surface area contributed by atoms with Crippen molar-refractivity contribution in [1.29, 1.82) is 0 Å². The van der Waals surface area contributed by atoms with E-state index in [1.54, 1.807) is 9.80 Å². The van der Waals surface area contributed by atoms with E-state index < -0.39 is 10.0 Å². The van der Waals surface area contributed by atoms with Crippen LogP contribution in [-0.2, 0) is 10.0 Å². The van der Waals surface area contributed by atoms with Gasteiger partial charge in [0.15, 0.2) is 0 Å². The van der Waals surface area contributed by atoms with Crippen molar-refractivity contribution in [1.82, 2.24) is 19.7 Å². The molecule has 0 aromatic carbocycles. The summed E-state index contributed by atoms with van der Waals surface area (Å²) in [6.07, 6.45) is 1.05. The third-order valence-corrected chi connectivity index (χ3v) is 4.16. The molecule has 0 aliphatic carbocycles. The molecule has 0 aliphatic heterocycles. The summed E-state index contributed by atoms with van der Waals surface area (Å²) in [5, 5.41) is 39.8. The first kappa shape index (κ1) is 24.2. The molecule has 0 atom stereocenters. The van der Waals surface area contributed by atoms with Crippen molar-refractivity contribution in [3.05, 3.63) is 0 Å². The molecule has 6 N–H and O–H groups in total. The fraction of sp³-hybridized carbons (Fsp3) is 0.786. The van der Waals surface area contributed by atoms with E-state index in [1.807, 2.05) is 0 Å². The van der Waals surface area contributed by atoms with Crippen LogP contribution in [0.4, 0.5) is 17.8 Å². The maximum atomic E-state index is 11.1. The number of hydrogen-bond acceptors (Lipinski definition) is 12. The van der Waals surface area contributed by atoms with Crippen LogP contribution in [0.2, 0.25) is 0 Å². The molecule has 0 amide bonds. The number of nitrogens with zero attached hydrogens (tertiary/aromatic N) is 5. The van der Waals surface area contributed by atoms with Gasteiger partial charge in [0.1, 0.15) is 0 Å². The topological polar surface area (TPSA) is 184 Å². The molecule has 1 aromatic rings. The van der Waals surface area contributed by atoms with E-state index in [4.69, 9.17) is 0 Å². The van der Waals surface area contributed by atoms with E-state index in [9.17, 15) is 28.8 Å². The molecule has 0 radical (unpaired) electrons. The van der Waals surface area contributed by atoms with Gasteiger partial charge in [-0.05, 0) is 0 Å². The van der Waals surface area contributed by atoms with Crippen molar-refractivity contribution < 1.29 is 28.8 Å². The Hall–Kier alpha value is -1.84. The second-order valence-corrected chi connectivity index (χ2v) is 7.55. The van der Waals surface area contributed by atoms with Gasteiger partial charge in [0, 0.05) is 39.3 Å². The van der Waals surface area contributed by atoms with Crippen LogP contribution in [0.5, 0.6) is 0 Å². The fourth-order valence-corrected chi connectivity index (χ4v) is 2.71. The molecule has 162 valence electrons. The highest BCUT2D eigenvalue weighted by molar-refractivity contribution is 7.88. The molecule has 0 unspecified atom stereocenters. The molecule has 0 bridgehead atoms. The lowest BCUT2D eigenvalue weighted by Crippen LogP contribution is -2.35. The largest absolute Gasteiger partial charge is 0.395 e. The van der Waals surface area contributed by atoms with Crippen molar-refractivity contribution in [2.24, 2.45) is 0 Å². The summed E-state index contributed by atoms with van der Waals surface area (Å²) in [4.78, 5) is 15.9. The molecule has 1 rings (SSSR count). The molecular formula is C14H29N7O6S. The minimum absolute atomic E-state index is 0.114. The summed E-state index contributed by atoms with van der Waals surface area (Å²) < 4.78 is 24.6. The van der Waals surface area contributed by atoms with Crippen molar-refractivity contribution >= 4 is 27.9 Å². The van der Waals surface area contributed by atoms with Crippen LogP contribution in [0.3, 0.4) is 0 Å². The summed E-state index contributed by atoms with van der Waals surface area (Å²) in [6, 6.07) is 0. The first-order valence-electron chi connectivity index (χ1n) is 8.72. The molecule has 14 heteroatoms. The van der Waals surface area contributed by atoms with E-state index >= 15 is 0 Å². The van der Waals surface area contributed by atoms with E-state index in [0.29, 0.717) is 0 Å². The second-order valence-electron chi connectivity index (χ2n) is 5.72. The van der Waals surface area contributed by atoms with Crippen LogP contribution in [0.15, 0.2) is 0 Å². The van der Waals surface area contributed by atoms with Crippen LogP contribution in [-0.4, -0.2) is 116 Å². The Morgan fingerprint density at radius 2 is 1.21 bits per heavy atom. The van der Waals surface area contributed by atoms with E-state index in [2.05, 4.69) is 25.0 Å². The molecule has 1 heterocycles. The molecule has 0 saturated heterocycles. The smallest absolute Gasteiger partial charge is 0.232 e. The predicted molar refractivity (Wildman–Crippen MR) is 104 cm³/mol. The normalized spacial score (nSPS) is 11.5. The quantitative estimate of drug-likeness (QED) is 0.153. The second kappa shape index (κ2) is 12.6. The first-order chi connectivity index (χ1) is 13.3. The van der Waals surface area contributed by atoms with Crippen LogP contribution >= 0.6 is 0 Å². The highest BCUT2D eigenvalue weighted by Gasteiger charge is 2.17. The highest BCUT2D eigenvalue weighted by Crippen LogP contribution is 2.16. The predicted octanol–water partition coefficient (Wildman–Crippen LogP) is -3.59. The number of sulfonamides is 1. The van der Waals surface area contributed by atoms with Gasteiger partial charge >= 0.3 is 0 Å². The standard InChI is InChI=1S/C14H29N7O6S/c1-28(26,27)16-3-2-15-12-17-13(20(4-8-22)5-9-23)19-14(18-12)21(6-10-24)7-11-25/h16,22-25H,2-11H2,1H3,(H,15,17,18,19). The number of anilines is 3. The van der Waals surface area contributed by atoms with E-state index in [-0.39, 0.29) is 83.5 Å².